The Labute approximate surface area is 257 Å². The van der Waals surface area contributed by atoms with Crippen molar-refractivity contribution in [1.82, 2.24) is 20.4 Å². The molecular formula is C34H41N5O5. The Morgan fingerprint density at radius 2 is 1.61 bits per heavy atom. The third kappa shape index (κ3) is 6.91. The summed E-state index contributed by atoms with van der Waals surface area (Å²) in [6.07, 6.45) is 3.93. The number of carbonyl (C=O) groups excluding carboxylic acids is 2. The molecule has 10 nitrogen and oxygen atoms in total. The zero-order chi connectivity index (χ0) is 31.5. The smallest absolute Gasteiger partial charge is 0.405 e. The average molecular weight is 600 g/mol. The van der Waals surface area contributed by atoms with Crippen LogP contribution in [0, 0.1) is 5.92 Å². The maximum atomic E-state index is 13.0. The number of anilines is 1. The average Bonchev–Trinajstić information content (AvgIpc) is 3.00. The highest BCUT2D eigenvalue weighted by Gasteiger charge is 2.53. The summed E-state index contributed by atoms with van der Waals surface area (Å²) >= 11 is 0. The molecule has 0 aliphatic heterocycles. The van der Waals surface area contributed by atoms with E-state index in [0.29, 0.717) is 24.4 Å². The Morgan fingerprint density at radius 1 is 0.955 bits per heavy atom. The molecule has 232 valence electrons. The van der Waals surface area contributed by atoms with Crippen LogP contribution in [0.25, 0.3) is 22.4 Å². The predicted octanol–water partition coefficient (Wildman–Crippen LogP) is 5.57. The number of carbonyl (C=O) groups is 3. The SMILES string of the molecule is CCC(=O)N(C)C1CCC(CC(=O)Nc2cc(-c3ccccc3)c(-c3ccc(C4(NC(=O)O)CC(C)(O)C4)cc3)nn2)CC1. The second kappa shape index (κ2) is 12.7. The van der Waals surface area contributed by atoms with Gasteiger partial charge in [-0.2, -0.15) is 0 Å². The summed E-state index contributed by atoms with van der Waals surface area (Å²) in [5, 5.41) is 34.2. The molecule has 0 radical (unpaired) electrons. The molecule has 3 aromatic rings. The van der Waals surface area contributed by atoms with Crippen LogP contribution in [0.1, 0.15) is 70.8 Å². The normalized spacial score (nSPS) is 24.5. The molecule has 0 bridgehead atoms. The second-order valence-corrected chi connectivity index (χ2v) is 12.6. The number of aliphatic hydroxyl groups is 1. The maximum absolute atomic E-state index is 13.0. The van der Waals surface area contributed by atoms with Crippen LogP contribution in [0.4, 0.5) is 10.6 Å². The molecule has 0 spiro atoms. The summed E-state index contributed by atoms with van der Waals surface area (Å²) in [7, 11) is 1.87. The van der Waals surface area contributed by atoms with Crippen molar-refractivity contribution in [1.29, 1.82) is 0 Å². The van der Waals surface area contributed by atoms with Crippen LogP contribution in [-0.4, -0.2) is 61.9 Å². The summed E-state index contributed by atoms with van der Waals surface area (Å²) < 4.78 is 0. The van der Waals surface area contributed by atoms with Crippen molar-refractivity contribution in [3.8, 4) is 22.4 Å². The minimum absolute atomic E-state index is 0.107. The van der Waals surface area contributed by atoms with E-state index in [-0.39, 0.29) is 36.6 Å². The summed E-state index contributed by atoms with van der Waals surface area (Å²) in [6, 6.07) is 19.3. The molecule has 2 fully saturated rings. The molecule has 10 heteroatoms. The highest BCUT2D eigenvalue weighted by molar-refractivity contribution is 5.91. The number of hydrogen-bond donors (Lipinski definition) is 4. The van der Waals surface area contributed by atoms with Crippen LogP contribution in [-0.2, 0) is 15.1 Å². The first-order valence-corrected chi connectivity index (χ1v) is 15.3. The number of benzene rings is 2. The molecular weight excluding hydrogens is 558 g/mol. The fraction of sp³-hybridized carbons (Fsp3) is 0.441. The van der Waals surface area contributed by atoms with Crippen LogP contribution in [0.5, 0.6) is 0 Å². The van der Waals surface area contributed by atoms with E-state index < -0.39 is 17.2 Å². The van der Waals surface area contributed by atoms with E-state index in [4.69, 9.17) is 0 Å². The van der Waals surface area contributed by atoms with Gasteiger partial charge < -0.3 is 25.7 Å². The van der Waals surface area contributed by atoms with Gasteiger partial charge in [0.2, 0.25) is 11.8 Å². The van der Waals surface area contributed by atoms with Gasteiger partial charge in [-0.25, -0.2) is 4.79 Å². The molecule has 2 aliphatic carbocycles. The van der Waals surface area contributed by atoms with Crippen molar-refractivity contribution < 1.29 is 24.6 Å². The standard InChI is InChI=1S/C34H41N5O5/c1-4-30(41)39(3)26-16-10-22(11-17-26)18-29(40)35-28-19-27(23-8-6-5-7-9-23)31(38-37-28)24-12-14-25(15-13-24)34(36-32(42)43)20-33(2,44)21-34/h5-9,12-15,19,22,26,36,44H,4,10-11,16-18,20-21H2,1-3H3,(H,42,43)(H,35,37,40). The Bertz CT molecular complexity index is 1490. The summed E-state index contributed by atoms with van der Waals surface area (Å²) in [6.45, 7) is 3.58. The molecule has 5 rings (SSSR count). The van der Waals surface area contributed by atoms with Crippen molar-refractivity contribution in [3.63, 3.8) is 0 Å². The van der Waals surface area contributed by atoms with Crippen LogP contribution < -0.4 is 10.6 Å². The lowest BCUT2D eigenvalue weighted by Gasteiger charge is -2.51. The molecule has 0 unspecified atom stereocenters. The minimum atomic E-state index is -1.14. The van der Waals surface area contributed by atoms with E-state index in [1.54, 1.807) is 6.92 Å². The number of amides is 3. The van der Waals surface area contributed by atoms with E-state index in [2.05, 4.69) is 20.8 Å². The first-order valence-electron chi connectivity index (χ1n) is 15.3. The monoisotopic (exact) mass is 599 g/mol. The Hall–Kier alpha value is -4.31. The number of rotatable bonds is 9. The van der Waals surface area contributed by atoms with Crippen LogP contribution in [0.2, 0.25) is 0 Å². The number of nitrogens with one attached hydrogen (secondary N) is 2. The van der Waals surface area contributed by atoms with Crippen molar-refractivity contribution >= 4 is 23.7 Å². The van der Waals surface area contributed by atoms with E-state index in [9.17, 15) is 24.6 Å². The van der Waals surface area contributed by atoms with E-state index in [0.717, 1.165) is 47.9 Å². The lowest BCUT2D eigenvalue weighted by molar-refractivity contribution is -0.132. The predicted molar refractivity (Wildman–Crippen MR) is 168 cm³/mol. The first kappa shape index (κ1) is 31.1. The lowest BCUT2D eigenvalue weighted by atomic mass is 9.62. The van der Waals surface area contributed by atoms with Gasteiger partial charge >= 0.3 is 6.09 Å². The van der Waals surface area contributed by atoms with Crippen LogP contribution in [0.3, 0.4) is 0 Å². The highest BCUT2D eigenvalue weighted by Crippen LogP contribution is 2.48. The zero-order valence-electron chi connectivity index (χ0n) is 25.5. The van der Waals surface area contributed by atoms with E-state index >= 15 is 0 Å². The zero-order valence-corrected chi connectivity index (χ0v) is 25.5. The van der Waals surface area contributed by atoms with Gasteiger partial charge in [-0.15, -0.1) is 10.2 Å². The van der Waals surface area contributed by atoms with Crippen LogP contribution in [0.15, 0.2) is 60.7 Å². The maximum Gasteiger partial charge on any atom is 0.405 e. The van der Waals surface area contributed by atoms with Crippen molar-refractivity contribution in [3.05, 3.63) is 66.2 Å². The van der Waals surface area contributed by atoms with Gasteiger partial charge in [0.05, 0.1) is 11.1 Å². The summed E-state index contributed by atoms with van der Waals surface area (Å²) in [4.78, 5) is 38.5. The van der Waals surface area contributed by atoms with Gasteiger partial charge in [0, 0.05) is 49.9 Å². The van der Waals surface area contributed by atoms with Crippen molar-refractivity contribution in [2.75, 3.05) is 12.4 Å². The Kier molecular flexibility index (Phi) is 9.01. The topological polar surface area (TPSA) is 145 Å². The van der Waals surface area contributed by atoms with Gasteiger partial charge in [0.1, 0.15) is 5.69 Å². The number of nitrogens with zero attached hydrogens (tertiary/aromatic N) is 3. The second-order valence-electron chi connectivity index (χ2n) is 12.6. The number of aromatic nitrogens is 2. The van der Waals surface area contributed by atoms with E-state index in [1.807, 2.05) is 79.5 Å². The van der Waals surface area contributed by atoms with Gasteiger partial charge in [-0.3, -0.25) is 9.59 Å². The van der Waals surface area contributed by atoms with Crippen molar-refractivity contribution in [2.24, 2.45) is 5.92 Å². The highest BCUT2D eigenvalue weighted by atomic mass is 16.4. The molecule has 2 aromatic carbocycles. The molecule has 1 aromatic heterocycles. The molecule has 2 saturated carbocycles. The minimum Gasteiger partial charge on any atom is -0.465 e. The van der Waals surface area contributed by atoms with Crippen molar-refractivity contribution in [2.45, 2.75) is 82.4 Å². The van der Waals surface area contributed by atoms with Gasteiger partial charge in [-0.05, 0) is 55.7 Å². The molecule has 0 atom stereocenters. The number of carboxylic acid groups (broad SMARTS) is 1. The largest absolute Gasteiger partial charge is 0.465 e. The molecule has 0 saturated heterocycles. The number of hydrogen-bond acceptors (Lipinski definition) is 6. The molecule has 44 heavy (non-hydrogen) atoms. The van der Waals surface area contributed by atoms with Crippen LogP contribution >= 0.6 is 0 Å². The van der Waals surface area contributed by atoms with Gasteiger partial charge in [0.15, 0.2) is 5.82 Å². The fourth-order valence-electron chi connectivity index (χ4n) is 6.91. The lowest BCUT2D eigenvalue weighted by Crippen LogP contribution is -2.61. The Balaban J connectivity index is 1.31. The molecule has 3 amide bonds. The molecule has 4 N–H and O–H groups in total. The molecule has 1 heterocycles. The quantitative estimate of drug-likeness (QED) is 0.251. The third-order valence-electron chi connectivity index (χ3n) is 9.10. The molecule has 2 aliphatic rings. The van der Waals surface area contributed by atoms with Gasteiger partial charge in [-0.1, -0.05) is 61.5 Å². The Morgan fingerprint density at radius 3 is 2.20 bits per heavy atom. The summed E-state index contributed by atoms with van der Waals surface area (Å²) in [5.74, 6) is 0.682. The fourth-order valence-corrected chi connectivity index (χ4v) is 6.91. The van der Waals surface area contributed by atoms with E-state index in [1.165, 1.54) is 0 Å². The third-order valence-corrected chi connectivity index (χ3v) is 9.10. The first-order chi connectivity index (χ1) is 21.0. The summed E-state index contributed by atoms with van der Waals surface area (Å²) in [5.41, 5.74) is 2.13. The van der Waals surface area contributed by atoms with Gasteiger partial charge in [0.25, 0.3) is 0 Å².